The zero-order valence-corrected chi connectivity index (χ0v) is 20.5. The van der Waals surface area contributed by atoms with E-state index in [1.165, 1.54) is 36.1 Å². The molecule has 2 atom stereocenters. The van der Waals surface area contributed by atoms with Crippen molar-refractivity contribution < 1.29 is 23.5 Å². The van der Waals surface area contributed by atoms with E-state index in [1.54, 1.807) is 7.05 Å². The number of benzene rings is 3. The van der Waals surface area contributed by atoms with Crippen molar-refractivity contribution in [2.75, 3.05) is 18.6 Å². The lowest BCUT2D eigenvalue weighted by Gasteiger charge is -2.22. The van der Waals surface area contributed by atoms with E-state index in [4.69, 9.17) is 4.74 Å². The van der Waals surface area contributed by atoms with Gasteiger partial charge in [0.25, 0.3) is 5.91 Å². The summed E-state index contributed by atoms with van der Waals surface area (Å²) in [5.41, 5.74) is 2.83. The number of fused-ring (bicyclic) bond motifs is 1. The van der Waals surface area contributed by atoms with Crippen LogP contribution in [0.15, 0.2) is 83.9 Å². The number of hydrogen-bond acceptors (Lipinski definition) is 5. The molecule has 0 aliphatic carbocycles. The molecule has 3 amide bonds. The van der Waals surface area contributed by atoms with Crippen molar-refractivity contribution in [3.05, 3.63) is 95.8 Å². The number of carbonyl (C=O) groups excluding carboxylic acids is 3. The van der Waals surface area contributed by atoms with Crippen LogP contribution in [0.4, 0.5) is 10.1 Å². The minimum Gasteiger partial charge on any atom is -0.493 e. The second-order valence-electron chi connectivity index (χ2n) is 8.51. The third-order valence-electron chi connectivity index (χ3n) is 5.85. The molecule has 0 radical (unpaired) electrons. The molecule has 4 rings (SSSR count). The number of amides is 3. The van der Waals surface area contributed by atoms with Gasteiger partial charge in [-0.25, -0.2) is 9.38 Å². The summed E-state index contributed by atoms with van der Waals surface area (Å²) >= 11 is 0. The molecule has 1 heterocycles. The normalized spacial score (nSPS) is 15.6. The summed E-state index contributed by atoms with van der Waals surface area (Å²) in [6, 6.07) is 21.4. The summed E-state index contributed by atoms with van der Waals surface area (Å²) in [5, 5.41) is 5.27. The second kappa shape index (κ2) is 11.5. The predicted octanol–water partition coefficient (Wildman–Crippen LogP) is 3.06. The molecular weight excluding hydrogens is 475 g/mol. The summed E-state index contributed by atoms with van der Waals surface area (Å²) in [5.74, 6) is -1.31. The lowest BCUT2D eigenvalue weighted by Crippen LogP contribution is -2.52. The van der Waals surface area contributed by atoms with E-state index in [-0.39, 0.29) is 18.8 Å². The van der Waals surface area contributed by atoms with Crippen LogP contribution in [0.25, 0.3) is 0 Å². The van der Waals surface area contributed by atoms with Crippen LogP contribution in [0.5, 0.6) is 5.75 Å². The first kappa shape index (κ1) is 25.6. The number of anilines is 1. The summed E-state index contributed by atoms with van der Waals surface area (Å²) in [4.78, 5) is 44.6. The molecule has 3 aromatic carbocycles. The SMILES string of the molecule is C[C@H](NC(=O)CCOc1ccc(F)cc1)C(=O)N[C@H]1N=C(c2ccccc2)c2ccccc2N(C)C1=O. The van der Waals surface area contributed by atoms with E-state index in [9.17, 15) is 18.8 Å². The number of benzodiazepines with no additional fused rings is 1. The summed E-state index contributed by atoms with van der Waals surface area (Å²) < 4.78 is 18.4. The van der Waals surface area contributed by atoms with E-state index >= 15 is 0 Å². The molecule has 0 aromatic heterocycles. The fraction of sp³-hybridized carbons (Fsp3) is 0.214. The summed E-state index contributed by atoms with van der Waals surface area (Å²) in [6.07, 6.45) is -1.19. The van der Waals surface area contributed by atoms with Crippen LogP contribution >= 0.6 is 0 Å². The van der Waals surface area contributed by atoms with Gasteiger partial charge in [-0.1, -0.05) is 48.5 Å². The number of ether oxygens (including phenoxy) is 1. The van der Waals surface area contributed by atoms with Crippen molar-refractivity contribution >= 4 is 29.1 Å². The molecular formula is C28H27FN4O4. The van der Waals surface area contributed by atoms with Crippen LogP contribution in [-0.2, 0) is 14.4 Å². The Morgan fingerprint density at radius 1 is 1.03 bits per heavy atom. The number of para-hydroxylation sites is 1. The number of nitrogens with zero attached hydrogens (tertiary/aromatic N) is 2. The zero-order chi connectivity index (χ0) is 26.4. The quantitative estimate of drug-likeness (QED) is 0.495. The third kappa shape index (κ3) is 6.19. The van der Waals surface area contributed by atoms with Crippen LogP contribution in [-0.4, -0.2) is 49.3 Å². The smallest absolute Gasteiger partial charge is 0.272 e. The maximum atomic E-state index is 13.2. The lowest BCUT2D eigenvalue weighted by atomic mass is 10.0. The zero-order valence-electron chi connectivity index (χ0n) is 20.5. The second-order valence-corrected chi connectivity index (χ2v) is 8.51. The Kier molecular flexibility index (Phi) is 7.92. The Labute approximate surface area is 214 Å². The van der Waals surface area contributed by atoms with Crippen molar-refractivity contribution in [3.63, 3.8) is 0 Å². The molecule has 1 aliphatic heterocycles. The molecule has 9 heteroatoms. The minimum atomic E-state index is -1.18. The maximum Gasteiger partial charge on any atom is 0.272 e. The summed E-state index contributed by atoms with van der Waals surface area (Å²) in [7, 11) is 1.64. The van der Waals surface area contributed by atoms with Gasteiger partial charge in [0.05, 0.1) is 24.4 Å². The maximum absolute atomic E-state index is 13.2. The van der Waals surface area contributed by atoms with Crippen LogP contribution in [0.3, 0.4) is 0 Å². The van der Waals surface area contributed by atoms with E-state index < -0.39 is 29.9 Å². The number of aliphatic imine (C=N–C) groups is 1. The van der Waals surface area contributed by atoms with Gasteiger partial charge in [0.2, 0.25) is 18.0 Å². The third-order valence-corrected chi connectivity index (χ3v) is 5.85. The van der Waals surface area contributed by atoms with Crippen molar-refractivity contribution in [2.45, 2.75) is 25.6 Å². The lowest BCUT2D eigenvalue weighted by molar-refractivity contribution is -0.131. The van der Waals surface area contributed by atoms with E-state index in [1.807, 2.05) is 54.6 Å². The largest absolute Gasteiger partial charge is 0.493 e. The number of carbonyl (C=O) groups is 3. The first-order chi connectivity index (χ1) is 17.8. The molecule has 1 aliphatic rings. The summed E-state index contributed by atoms with van der Waals surface area (Å²) in [6.45, 7) is 1.58. The van der Waals surface area contributed by atoms with Gasteiger partial charge < -0.3 is 20.3 Å². The molecule has 0 saturated heterocycles. The molecule has 190 valence electrons. The Morgan fingerprint density at radius 2 is 1.70 bits per heavy atom. The Bertz CT molecular complexity index is 1310. The van der Waals surface area contributed by atoms with Gasteiger partial charge in [-0.3, -0.25) is 14.4 Å². The monoisotopic (exact) mass is 502 g/mol. The van der Waals surface area contributed by atoms with E-state index in [0.29, 0.717) is 17.1 Å². The van der Waals surface area contributed by atoms with Crippen LogP contribution in [0, 0.1) is 5.82 Å². The van der Waals surface area contributed by atoms with Gasteiger partial charge in [0, 0.05) is 18.2 Å². The van der Waals surface area contributed by atoms with Gasteiger partial charge in [0.1, 0.15) is 17.6 Å². The predicted molar refractivity (Wildman–Crippen MR) is 138 cm³/mol. The van der Waals surface area contributed by atoms with Gasteiger partial charge in [0.15, 0.2) is 0 Å². The molecule has 2 N–H and O–H groups in total. The van der Waals surface area contributed by atoms with Crippen LogP contribution in [0.1, 0.15) is 24.5 Å². The number of hydrogen-bond donors (Lipinski definition) is 2. The Balaban J connectivity index is 1.43. The molecule has 0 bridgehead atoms. The van der Waals surface area contributed by atoms with E-state index in [2.05, 4.69) is 15.6 Å². The molecule has 3 aromatic rings. The van der Waals surface area contributed by atoms with Gasteiger partial charge in [-0.05, 0) is 37.3 Å². The molecule has 37 heavy (non-hydrogen) atoms. The average molecular weight is 503 g/mol. The first-order valence-electron chi connectivity index (χ1n) is 11.8. The topological polar surface area (TPSA) is 100 Å². The number of nitrogens with one attached hydrogen (secondary N) is 2. The van der Waals surface area contributed by atoms with Crippen molar-refractivity contribution in [1.82, 2.24) is 10.6 Å². The molecule has 0 saturated carbocycles. The van der Waals surface area contributed by atoms with Crippen molar-refractivity contribution in [1.29, 1.82) is 0 Å². The minimum absolute atomic E-state index is 0.00822. The van der Waals surface area contributed by atoms with Crippen molar-refractivity contribution in [3.8, 4) is 5.75 Å². The van der Waals surface area contributed by atoms with E-state index in [0.717, 1.165) is 11.1 Å². The number of likely N-dealkylation sites (N-methyl/N-ethyl adjacent to an activating group) is 1. The van der Waals surface area contributed by atoms with Crippen LogP contribution in [0.2, 0.25) is 0 Å². The molecule has 8 nitrogen and oxygen atoms in total. The van der Waals surface area contributed by atoms with Crippen LogP contribution < -0.4 is 20.3 Å². The van der Waals surface area contributed by atoms with Gasteiger partial charge >= 0.3 is 0 Å². The Morgan fingerprint density at radius 3 is 2.43 bits per heavy atom. The average Bonchev–Trinajstić information content (AvgIpc) is 3.01. The fourth-order valence-corrected chi connectivity index (χ4v) is 3.87. The highest BCUT2D eigenvalue weighted by molar-refractivity contribution is 6.20. The highest BCUT2D eigenvalue weighted by Crippen LogP contribution is 2.27. The number of halogens is 1. The standard InChI is InChI=1S/C28H27FN4O4/c1-18(30-24(34)16-17-37-21-14-12-20(29)13-15-21)27(35)32-26-28(36)33(2)23-11-7-6-10-22(23)25(31-26)19-8-4-3-5-9-19/h3-15,18,26H,16-17H2,1-2H3,(H,30,34)(H,32,35)/t18-,26+/m0/s1. The van der Waals surface area contributed by atoms with Crippen molar-refractivity contribution in [2.24, 2.45) is 4.99 Å². The van der Waals surface area contributed by atoms with Gasteiger partial charge in [-0.2, -0.15) is 0 Å². The molecule has 0 spiro atoms. The first-order valence-corrected chi connectivity index (χ1v) is 11.8. The highest BCUT2D eigenvalue weighted by atomic mass is 19.1. The fourth-order valence-electron chi connectivity index (χ4n) is 3.87. The number of rotatable bonds is 8. The Hall–Kier alpha value is -4.53. The molecule has 0 unspecified atom stereocenters. The highest BCUT2D eigenvalue weighted by Gasteiger charge is 2.32. The van der Waals surface area contributed by atoms with Gasteiger partial charge in [-0.15, -0.1) is 0 Å². The molecule has 0 fully saturated rings.